The maximum absolute atomic E-state index is 12.6. The summed E-state index contributed by atoms with van der Waals surface area (Å²) in [5.41, 5.74) is 0. The Labute approximate surface area is 144 Å². The second-order valence-corrected chi connectivity index (χ2v) is 7.13. The number of hydrogen-bond acceptors (Lipinski definition) is 3. The Kier molecular flexibility index (Phi) is 6.88. The normalized spacial score (nSPS) is 23.3. The molecule has 5 nitrogen and oxygen atoms in total. The monoisotopic (exact) mass is 334 g/mol. The Hall–Kier alpha value is -1.78. The summed E-state index contributed by atoms with van der Waals surface area (Å²) < 4.78 is 5.23. The maximum Gasteiger partial charge on any atom is 0.243 e. The van der Waals surface area contributed by atoms with Crippen LogP contribution in [-0.2, 0) is 16.1 Å². The van der Waals surface area contributed by atoms with E-state index in [2.05, 4.69) is 17.6 Å². The van der Waals surface area contributed by atoms with Gasteiger partial charge in [-0.05, 0) is 49.7 Å². The van der Waals surface area contributed by atoms with E-state index in [0.717, 1.165) is 32.1 Å². The zero-order chi connectivity index (χ0) is 17.5. The van der Waals surface area contributed by atoms with Crippen LogP contribution in [0.25, 0.3) is 0 Å². The highest BCUT2D eigenvalue weighted by molar-refractivity contribution is 5.88. The number of furan rings is 1. The zero-order valence-corrected chi connectivity index (χ0v) is 15.0. The molecule has 2 N–H and O–H groups in total. The molecule has 1 aliphatic rings. The smallest absolute Gasteiger partial charge is 0.243 e. The summed E-state index contributed by atoms with van der Waals surface area (Å²) in [4.78, 5) is 25.1. The van der Waals surface area contributed by atoms with Gasteiger partial charge in [0.1, 0.15) is 11.8 Å². The van der Waals surface area contributed by atoms with Crippen molar-refractivity contribution in [1.82, 2.24) is 10.6 Å². The van der Waals surface area contributed by atoms with Gasteiger partial charge < -0.3 is 15.1 Å². The van der Waals surface area contributed by atoms with Crippen molar-refractivity contribution >= 4 is 11.8 Å². The van der Waals surface area contributed by atoms with E-state index < -0.39 is 6.04 Å². The Morgan fingerprint density at radius 1 is 1.29 bits per heavy atom. The number of nitrogens with one attached hydrogen (secondary N) is 2. The largest absolute Gasteiger partial charge is 0.467 e. The van der Waals surface area contributed by atoms with Gasteiger partial charge in [0, 0.05) is 5.92 Å². The summed E-state index contributed by atoms with van der Waals surface area (Å²) >= 11 is 0. The molecule has 0 radical (unpaired) electrons. The summed E-state index contributed by atoms with van der Waals surface area (Å²) in [5, 5.41) is 5.87. The first-order valence-corrected chi connectivity index (χ1v) is 9.11. The van der Waals surface area contributed by atoms with Gasteiger partial charge in [-0.1, -0.05) is 27.2 Å². The summed E-state index contributed by atoms with van der Waals surface area (Å²) in [6, 6.07) is 3.12. The second-order valence-electron chi connectivity index (χ2n) is 7.13. The van der Waals surface area contributed by atoms with Crippen LogP contribution in [0.5, 0.6) is 0 Å². The van der Waals surface area contributed by atoms with Crippen LogP contribution in [0, 0.1) is 17.8 Å². The average molecular weight is 334 g/mol. The third-order valence-corrected chi connectivity index (χ3v) is 5.20. The molecule has 0 unspecified atom stereocenters. The molecule has 1 aromatic heterocycles. The molecule has 2 rings (SSSR count). The molecule has 0 aromatic carbocycles. The van der Waals surface area contributed by atoms with Gasteiger partial charge >= 0.3 is 0 Å². The van der Waals surface area contributed by atoms with Crippen molar-refractivity contribution < 1.29 is 14.0 Å². The maximum atomic E-state index is 12.6. The van der Waals surface area contributed by atoms with Gasteiger partial charge in [0.05, 0.1) is 12.8 Å². The van der Waals surface area contributed by atoms with Crippen LogP contribution >= 0.6 is 0 Å². The second kappa shape index (κ2) is 8.90. The molecule has 134 valence electrons. The summed E-state index contributed by atoms with van der Waals surface area (Å²) in [6.45, 7) is 6.61. The molecule has 24 heavy (non-hydrogen) atoms. The highest BCUT2D eigenvalue weighted by atomic mass is 16.3. The lowest BCUT2D eigenvalue weighted by atomic mass is 9.82. The first-order valence-electron chi connectivity index (χ1n) is 9.11. The first kappa shape index (κ1) is 18.6. The van der Waals surface area contributed by atoms with Gasteiger partial charge in [0.2, 0.25) is 11.8 Å². The van der Waals surface area contributed by atoms with Crippen LogP contribution in [0.4, 0.5) is 0 Å². The van der Waals surface area contributed by atoms with Crippen molar-refractivity contribution in [1.29, 1.82) is 0 Å². The van der Waals surface area contributed by atoms with Gasteiger partial charge in [0.15, 0.2) is 0 Å². The molecule has 0 saturated heterocycles. The topological polar surface area (TPSA) is 71.3 Å². The van der Waals surface area contributed by atoms with Crippen molar-refractivity contribution in [3.8, 4) is 0 Å². The van der Waals surface area contributed by atoms with Crippen LogP contribution in [0.3, 0.4) is 0 Å². The van der Waals surface area contributed by atoms with Crippen LogP contribution in [0.15, 0.2) is 22.8 Å². The van der Waals surface area contributed by atoms with Gasteiger partial charge in [0.25, 0.3) is 0 Å². The van der Waals surface area contributed by atoms with E-state index in [1.54, 1.807) is 12.3 Å². The minimum atomic E-state index is -0.489. The summed E-state index contributed by atoms with van der Waals surface area (Å²) in [7, 11) is 0. The Morgan fingerprint density at radius 3 is 2.58 bits per heavy atom. The molecule has 1 fully saturated rings. The predicted molar refractivity (Wildman–Crippen MR) is 93.1 cm³/mol. The highest BCUT2D eigenvalue weighted by Gasteiger charge is 2.30. The molecule has 2 atom stereocenters. The van der Waals surface area contributed by atoms with Crippen molar-refractivity contribution in [2.45, 2.75) is 65.5 Å². The molecule has 1 aliphatic carbocycles. The van der Waals surface area contributed by atoms with E-state index in [4.69, 9.17) is 4.42 Å². The minimum Gasteiger partial charge on any atom is -0.467 e. The standard InChI is InChI=1S/C19H30N2O3/c1-4-14(3)17(19(23)20-12-16-6-5-11-24-16)21-18(22)15-9-7-13(2)8-10-15/h5-6,11,13-15,17H,4,7-10,12H2,1-3H3,(H,20,23)(H,21,22)/t13?,14-,15?,17-/m1/s1. The Morgan fingerprint density at radius 2 is 2.00 bits per heavy atom. The number of carbonyl (C=O) groups excluding carboxylic acids is 2. The molecule has 0 bridgehead atoms. The van der Waals surface area contributed by atoms with E-state index in [9.17, 15) is 9.59 Å². The van der Waals surface area contributed by atoms with E-state index >= 15 is 0 Å². The lowest BCUT2D eigenvalue weighted by Gasteiger charge is -2.29. The molecule has 0 spiro atoms. The summed E-state index contributed by atoms with van der Waals surface area (Å²) in [5.74, 6) is 1.44. The van der Waals surface area contributed by atoms with Crippen molar-refractivity contribution in [3.05, 3.63) is 24.2 Å². The zero-order valence-electron chi connectivity index (χ0n) is 15.0. The van der Waals surface area contributed by atoms with Crippen molar-refractivity contribution in [2.24, 2.45) is 17.8 Å². The SMILES string of the molecule is CC[C@@H](C)[C@@H](NC(=O)C1CCC(C)CC1)C(=O)NCc1ccco1. The molecule has 0 aliphatic heterocycles. The molecule has 5 heteroatoms. The van der Waals surface area contributed by atoms with Gasteiger partial charge in [-0.15, -0.1) is 0 Å². The van der Waals surface area contributed by atoms with Gasteiger partial charge in [-0.3, -0.25) is 9.59 Å². The van der Waals surface area contributed by atoms with E-state index in [0.29, 0.717) is 18.2 Å². The van der Waals surface area contributed by atoms with Gasteiger partial charge in [-0.25, -0.2) is 0 Å². The Bertz CT molecular complexity index is 519. The van der Waals surface area contributed by atoms with E-state index in [1.807, 2.05) is 19.9 Å². The number of rotatable bonds is 7. The average Bonchev–Trinajstić information content (AvgIpc) is 3.10. The highest BCUT2D eigenvalue weighted by Crippen LogP contribution is 2.28. The number of amides is 2. The fraction of sp³-hybridized carbons (Fsp3) is 0.684. The molecular formula is C19H30N2O3. The van der Waals surface area contributed by atoms with Crippen molar-refractivity contribution in [2.75, 3.05) is 0 Å². The Balaban J connectivity index is 1.91. The molecule has 1 saturated carbocycles. The molecule has 1 aromatic rings. The van der Waals surface area contributed by atoms with Crippen LogP contribution in [0.2, 0.25) is 0 Å². The fourth-order valence-corrected chi connectivity index (χ4v) is 3.19. The van der Waals surface area contributed by atoms with E-state index in [-0.39, 0.29) is 23.7 Å². The third-order valence-electron chi connectivity index (χ3n) is 5.20. The van der Waals surface area contributed by atoms with Crippen LogP contribution in [-0.4, -0.2) is 17.9 Å². The number of hydrogen-bond donors (Lipinski definition) is 2. The first-order chi connectivity index (χ1) is 11.5. The minimum absolute atomic E-state index is 0.0281. The van der Waals surface area contributed by atoms with Crippen molar-refractivity contribution in [3.63, 3.8) is 0 Å². The molecular weight excluding hydrogens is 304 g/mol. The molecule has 2 amide bonds. The number of carbonyl (C=O) groups is 2. The van der Waals surface area contributed by atoms with Crippen LogP contribution < -0.4 is 10.6 Å². The third kappa shape index (κ3) is 5.11. The molecule has 1 heterocycles. The lowest BCUT2D eigenvalue weighted by molar-refractivity contribution is -0.133. The summed E-state index contributed by atoms with van der Waals surface area (Å²) in [6.07, 6.45) is 6.45. The van der Waals surface area contributed by atoms with E-state index in [1.165, 1.54) is 0 Å². The predicted octanol–water partition coefficient (Wildman–Crippen LogP) is 3.25. The quantitative estimate of drug-likeness (QED) is 0.804. The lowest BCUT2D eigenvalue weighted by Crippen LogP contribution is -2.51. The van der Waals surface area contributed by atoms with Crippen LogP contribution in [0.1, 0.15) is 58.6 Å². The fourth-order valence-electron chi connectivity index (χ4n) is 3.19. The van der Waals surface area contributed by atoms with Gasteiger partial charge in [-0.2, -0.15) is 0 Å².